The van der Waals surface area contributed by atoms with Gasteiger partial charge in [0.05, 0.1) is 5.41 Å². The fraction of sp³-hybridized carbons (Fsp3) is 0.556. The van der Waals surface area contributed by atoms with Gasteiger partial charge < -0.3 is 10.3 Å². The number of aromatic amines is 1. The van der Waals surface area contributed by atoms with E-state index in [1.807, 2.05) is 0 Å². The van der Waals surface area contributed by atoms with E-state index < -0.39 is 5.41 Å². The first-order valence-corrected chi connectivity index (χ1v) is 4.43. The summed E-state index contributed by atoms with van der Waals surface area (Å²) in [7, 11) is 1.59. The Morgan fingerprint density at radius 3 is 2.71 bits per heavy atom. The number of rotatable bonds is 3. The molecule has 0 fully saturated rings. The maximum atomic E-state index is 11.4. The van der Waals surface area contributed by atoms with Gasteiger partial charge in [-0.15, -0.1) is 0 Å². The van der Waals surface area contributed by atoms with Gasteiger partial charge in [0.1, 0.15) is 0 Å². The van der Waals surface area contributed by atoms with Gasteiger partial charge in [0, 0.05) is 26.0 Å². The van der Waals surface area contributed by atoms with E-state index in [1.165, 1.54) is 4.57 Å². The third kappa shape index (κ3) is 2.04. The summed E-state index contributed by atoms with van der Waals surface area (Å²) in [5.74, 6) is -0.0781. The van der Waals surface area contributed by atoms with Crippen molar-refractivity contribution in [3.63, 3.8) is 0 Å². The van der Waals surface area contributed by atoms with Gasteiger partial charge >= 0.3 is 5.69 Å². The van der Waals surface area contributed by atoms with E-state index in [1.54, 1.807) is 33.3 Å². The van der Waals surface area contributed by atoms with Crippen molar-refractivity contribution in [2.75, 3.05) is 7.05 Å². The summed E-state index contributed by atoms with van der Waals surface area (Å²) in [6.07, 6.45) is 3.19. The molecule has 0 atom stereocenters. The van der Waals surface area contributed by atoms with Gasteiger partial charge in [0.25, 0.3) is 0 Å². The zero-order chi connectivity index (χ0) is 10.8. The van der Waals surface area contributed by atoms with Gasteiger partial charge in [-0.2, -0.15) is 0 Å². The second kappa shape index (κ2) is 3.69. The Morgan fingerprint density at radius 2 is 2.29 bits per heavy atom. The molecule has 5 nitrogen and oxygen atoms in total. The van der Waals surface area contributed by atoms with E-state index in [0.717, 1.165) is 0 Å². The molecule has 0 saturated heterocycles. The Labute approximate surface area is 82.1 Å². The molecule has 1 aromatic rings. The molecule has 0 radical (unpaired) electrons. The van der Waals surface area contributed by atoms with Gasteiger partial charge in [-0.1, -0.05) is 0 Å². The van der Waals surface area contributed by atoms with E-state index in [9.17, 15) is 9.59 Å². The molecule has 1 heterocycles. The van der Waals surface area contributed by atoms with Gasteiger partial charge in [-0.25, -0.2) is 4.79 Å². The van der Waals surface area contributed by atoms with Crippen LogP contribution in [-0.2, 0) is 11.3 Å². The Balaban J connectivity index is 2.83. The molecule has 0 bridgehead atoms. The first-order valence-electron chi connectivity index (χ1n) is 4.43. The van der Waals surface area contributed by atoms with Crippen LogP contribution in [0.15, 0.2) is 17.2 Å². The highest BCUT2D eigenvalue weighted by Gasteiger charge is 2.27. The van der Waals surface area contributed by atoms with E-state index in [4.69, 9.17) is 0 Å². The maximum Gasteiger partial charge on any atom is 0.325 e. The SMILES string of the molecule is CNC(=O)C(C)(C)Cn1cc[nH]c1=O. The topological polar surface area (TPSA) is 66.9 Å². The second-order valence-corrected chi connectivity index (χ2v) is 3.86. The highest BCUT2D eigenvalue weighted by atomic mass is 16.2. The largest absolute Gasteiger partial charge is 0.359 e. The van der Waals surface area contributed by atoms with Crippen LogP contribution in [0.5, 0.6) is 0 Å². The zero-order valence-corrected chi connectivity index (χ0v) is 8.63. The molecule has 0 aliphatic rings. The fourth-order valence-electron chi connectivity index (χ4n) is 1.31. The summed E-state index contributed by atoms with van der Waals surface area (Å²) in [4.78, 5) is 25.1. The first-order chi connectivity index (χ1) is 6.47. The molecule has 0 aliphatic carbocycles. The summed E-state index contributed by atoms with van der Waals surface area (Å²) in [5.41, 5.74) is -0.775. The van der Waals surface area contributed by atoms with Crippen molar-refractivity contribution in [3.05, 3.63) is 22.9 Å². The number of carbonyl (C=O) groups is 1. The van der Waals surface area contributed by atoms with Crippen LogP contribution >= 0.6 is 0 Å². The molecule has 78 valence electrons. The molecule has 0 spiro atoms. The summed E-state index contributed by atoms with van der Waals surface area (Å²) in [6.45, 7) is 3.96. The van der Waals surface area contributed by atoms with Gasteiger partial charge in [-0.05, 0) is 13.8 Å². The Bertz CT molecular complexity index is 375. The smallest absolute Gasteiger partial charge is 0.325 e. The number of nitrogens with one attached hydrogen (secondary N) is 2. The fourth-order valence-corrected chi connectivity index (χ4v) is 1.31. The molecule has 0 aliphatic heterocycles. The minimum Gasteiger partial charge on any atom is -0.359 e. The van der Waals surface area contributed by atoms with Crippen molar-refractivity contribution in [2.24, 2.45) is 5.41 Å². The predicted molar refractivity (Wildman–Crippen MR) is 52.9 cm³/mol. The van der Waals surface area contributed by atoms with Crippen LogP contribution in [0, 0.1) is 5.41 Å². The number of imidazole rings is 1. The number of aromatic nitrogens is 2. The maximum absolute atomic E-state index is 11.4. The predicted octanol–water partition coefficient (Wildman–Crippen LogP) is -0.0514. The number of H-pyrrole nitrogens is 1. The normalized spacial score (nSPS) is 11.4. The summed E-state index contributed by atoms with van der Waals surface area (Å²) >= 11 is 0. The summed E-state index contributed by atoms with van der Waals surface area (Å²) in [6, 6.07) is 0. The molecular formula is C9H15N3O2. The quantitative estimate of drug-likeness (QED) is 0.713. The molecule has 0 unspecified atom stereocenters. The molecule has 0 saturated carbocycles. The second-order valence-electron chi connectivity index (χ2n) is 3.86. The molecule has 0 aromatic carbocycles. The van der Waals surface area contributed by atoms with Crippen LogP contribution in [0.3, 0.4) is 0 Å². The van der Waals surface area contributed by atoms with Crippen LogP contribution in [0.25, 0.3) is 0 Å². The lowest BCUT2D eigenvalue weighted by Crippen LogP contribution is -2.39. The summed E-state index contributed by atoms with van der Waals surface area (Å²) in [5, 5.41) is 2.57. The number of nitrogens with zero attached hydrogens (tertiary/aromatic N) is 1. The first kappa shape index (κ1) is 10.6. The lowest BCUT2D eigenvalue weighted by Gasteiger charge is -2.22. The van der Waals surface area contributed by atoms with Crippen LogP contribution in [-0.4, -0.2) is 22.5 Å². The van der Waals surface area contributed by atoms with Crippen LogP contribution in [0.2, 0.25) is 0 Å². The Kier molecular flexibility index (Phi) is 2.78. The monoisotopic (exact) mass is 197 g/mol. The minimum absolute atomic E-state index is 0.0781. The zero-order valence-electron chi connectivity index (χ0n) is 8.63. The van der Waals surface area contributed by atoms with Crippen molar-refractivity contribution in [1.82, 2.24) is 14.9 Å². The number of carbonyl (C=O) groups excluding carboxylic acids is 1. The Hall–Kier alpha value is -1.52. The lowest BCUT2D eigenvalue weighted by atomic mass is 9.92. The van der Waals surface area contributed by atoms with Crippen LogP contribution in [0.4, 0.5) is 0 Å². The van der Waals surface area contributed by atoms with Crippen molar-refractivity contribution in [3.8, 4) is 0 Å². The highest BCUT2D eigenvalue weighted by Crippen LogP contribution is 2.16. The van der Waals surface area contributed by atoms with Crippen LogP contribution in [0.1, 0.15) is 13.8 Å². The van der Waals surface area contributed by atoms with E-state index in [2.05, 4.69) is 10.3 Å². The molecule has 1 rings (SSSR count). The van der Waals surface area contributed by atoms with E-state index in [-0.39, 0.29) is 11.6 Å². The lowest BCUT2D eigenvalue weighted by molar-refractivity contribution is -0.129. The minimum atomic E-state index is -0.583. The summed E-state index contributed by atoms with van der Waals surface area (Å²) < 4.78 is 1.48. The van der Waals surface area contributed by atoms with Crippen molar-refractivity contribution in [2.45, 2.75) is 20.4 Å². The molecule has 1 aromatic heterocycles. The van der Waals surface area contributed by atoms with Crippen molar-refractivity contribution < 1.29 is 4.79 Å². The molecule has 14 heavy (non-hydrogen) atoms. The average Bonchev–Trinajstić information content (AvgIpc) is 2.50. The molecule has 5 heteroatoms. The highest BCUT2D eigenvalue weighted by molar-refractivity contribution is 5.81. The van der Waals surface area contributed by atoms with Crippen LogP contribution < -0.4 is 11.0 Å². The molecular weight excluding hydrogens is 182 g/mol. The van der Waals surface area contributed by atoms with E-state index in [0.29, 0.717) is 6.54 Å². The average molecular weight is 197 g/mol. The van der Waals surface area contributed by atoms with Gasteiger partial charge in [0.15, 0.2) is 0 Å². The number of amides is 1. The molecule has 1 amide bonds. The number of hydrogen-bond acceptors (Lipinski definition) is 2. The van der Waals surface area contributed by atoms with Crippen molar-refractivity contribution in [1.29, 1.82) is 0 Å². The van der Waals surface area contributed by atoms with Gasteiger partial charge in [0.2, 0.25) is 5.91 Å². The van der Waals surface area contributed by atoms with Gasteiger partial charge in [-0.3, -0.25) is 9.36 Å². The third-order valence-corrected chi connectivity index (χ3v) is 2.13. The number of hydrogen-bond donors (Lipinski definition) is 2. The molecule has 2 N–H and O–H groups in total. The Morgan fingerprint density at radius 1 is 1.64 bits per heavy atom. The standard InChI is InChI=1S/C9H15N3O2/c1-9(2,7(13)10-3)6-12-5-4-11-8(12)14/h4-5H,6H2,1-3H3,(H,10,13)(H,11,14). The van der Waals surface area contributed by atoms with Crippen molar-refractivity contribution >= 4 is 5.91 Å². The third-order valence-electron chi connectivity index (χ3n) is 2.13. The van der Waals surface area contributed by atoms with E-state index >= 15 is 0 Å².